The van der Waals surface area contributed by atoms with Crippen LogP contribution in [0.15, 0.2) is 16.7 Å². The van der Waals surface area contributed by atoms with Crippen LogP contribution in [-0.4, -0.2) is 14.6 Å². The van der Waals surface area contributed by atoms with Gasteiger partial charge in [0.2, 0.25) is 0 Å². The highest BCUT2D eigenvalue weighted by atomic mass is 79.9. The Labute approximate surface area is 99.6 Å². The molecule has 0 atom stereocenters. The van der Waals surface area contributed by atoms with E-state index in [0.29, 0.717) is 5.15 Å². The summed E-state index contributed by atoms with van der Waals surface area (Å²) < 4.78 is 2.48. The topological polar surface area (TPSA) is 56.2 Å². The minimum absolute atomic E-state index is 0.265. The molecule has 0 radical (unpaired) electrons. The second-order valence-corrected chi connectivity index (χ2v) is 4.97. The molecule has 2 aromatic heterocycles. The predicted octanol–water partition coefficient (Wildman–Crippen LogP) is 2.09. The first-order chi connectivity index (χ1) is 7.10. The number of fused-ring (bicyclic) bond motifs is 1. The Morgan fingerprint density at radius 2 is 2.20 bits per heavy atom. The zero-order valence-electron chi connectivity index (χ0n) is 7.74. The molecule has 0 saturated heterocycles. The summed E-state index contributed by atoms with van der Waals surface area (Å²) >= 11 is 9.28. The molecule has 0 aliphatic heterocycles. The molecule has 0 bridgehead atoms. The van der Waals surface area contributed by atoms with Crippen LogP contribution in [0.3, 0.4) is 0 Å². The number of halogens is 2. The van der Waals surface area contributed by atoms with Crippen molar-refractivity contribution in [3.05, 3.63) is 27.6 Å². The van der Waals surface area contributed by atoms with Crippen LogP contribution in [0.4, 0.5) is 0 Å². The molecule has 2 aromatic rings. The van der Waals surface area contributed by atoms with E-state index in [1.807, 2.05) is 6.07 Å². The van der Waals surface area contributed by atoms with Gasteiger partial charge in [-0.2, -0.15) is 5.10 Å². The first-order valence-corrected chi connectivity index (χ1v) is 5.77. The van der Waals surface area contributed by atoms with E-state index in [2.05, 4.69) is 26.0 Å². The van der Waals surface area contributed by atoms with Crippen LogP contribution in [-0.2, 0) is 5.54 Å². The second kappa shape index (κ2) is 2.93. The van der Waals surface area contributed by atoms with Gasteiger partial charge in [0.05, 0.1) is 11.2 Å². The average Bonchev–Trinajstić information content (AvgIpc) is 2.86. The number of nitrogens with two attached hydrogens (primary N) is 1. The van der Waals surface area contributed by atoms with Gasteiger partial charge in [0.1, 0.15) is 9.76 Å². The smallest absolute Gasteiger partial charge is 0.155 e. The van der Waals surface area contributed by atoms with Crippen molar-refractivity contribution in [2.45, 2.75) is 18.4 Å². The fraction of sp³-hybridized carbons (Fsp3) is 0.333. The summed E-state index contributed by atoms with van der Waals surface area (Å²) in [6.07, 6.45) is 1.95. The Kier molecular flexibility index (Phi) is 1.87. The SMILES string of the molecule is NC1(c2nc3ccc(Cl)nn3c2Br)CC1. The lowest BCUT2D eigenvalue weighted by Gasteiger charge is -2.03. The Morgan fingerprint density at radius 1 is 1.47 bits per heavy atom. The summed E-state index contributed by atoms with van der Waals surface area (Å²) in [5.41, 5.74) is 7.47. The molecule has 0 unspecified atom stereocenters. The molecule has 3 rings (SSSR count). The molecule has 78 valence electrons. The Hall–Kier alpha value is -0.650. The van der Waals surface area contributed by atoms with Crippen molar-refractivity contribution in [1.29, 1.82) is 0 Å². The van der Waals surface area contributed by atoms with Gasteiger partial charge in [-0.05, 0) is 40.9 Å². The molecule has 1 aliphatic carbocycles. The van der Waals surface area contributed by atoms with E-state index in [0.717, 1.165) is 28.8 Å². The molecule has 1 fully saturated rings. The van der Waals surface area contributed by atoms with E-state index in [4.69, 9.17) is 17.3 Å². The van der Waals surface area contributed by atoms with Crippen molar-refractivity contribution in [3.63, 3.8) is 0 Å². The van der Waals surface area contributed by atoms with Crippen LogP contribution >= 0.6 is 27.5 Å². The number of hydrogen-bond acceptors (Lipinski definition) is 3. The van der Waals surface area contributed by atoms with Crippen molar-refractivity contribution in [1.82, 2.24) is 14.6 Å². The minimum Gasteiger partial charge on any atom is -0.320 e. The number of imidazole rings is 1. The van der Waals surface area contributed by atoms with Crippen LogP contribution in [0.2, 0.25) is 5.15 Å². The van der Waals surface area contributed by atoms with E-state index in [9.17, 15) is 0 Å². The summed E-state index contributed by atoms with van der Waals surface area (Å²) in [5, 5.41) is 4.59. The lowest BCUT2D eigenvalue weighted by atomic mass is 10.2. The zero-order chi connectivity index (χ0) is 10.6. The summed E-state index contributed by atoms with van der Waals surface area (Å²) in [7, 11) is 0. The molecule has 0 amide bonds. The largest absolute Gasteiger partial charge is 0.320 e. The maximum atomic E-state index is 6.10. The first-order valence-electron chi connectivity index (χ1n) is 4.60. The highest BCUT2D eigenvalue weighted by Crippen LogP contribution is 2.44. The lowest BCUT2D eigenvalue weighted by Crippen LogP contribution is -2.19. The van der Waals surface area contributed by atoms with Gasteiger partial charge in [0, 0.05) is 0 Å². The quantitative estimate of drug-likeness (QED) is 0.874. The molecule has 0 spiro atoms. The van der Waals surface area contributed by atoms with Gasteiger partial charge in [0.15, 0.2) is 5.65 Å². The van der Waals surface area contributed by atoms with Gasteiger partial charge in [-0.1, -0.05) is 11.6 Å². The average molecular weight is 288 g/mol. The number of rotatable bonds is 1. The number of nitrogens with zero attached hydrogens (tertiary/aromatic N) is 3. The van der Waals surface area contributed by atoms with Crippen molar-refractivity contribution in [2.24, 2.45) is 5.73 Å². The van der Waals surface area contributed by atoms with Crippen LogP contribution in [0, 0.1) is 0 Å². The minimum atomic E-state index is -0.265. The van der Waals surface area contributed by atoms with Gasteiger partial charge in [-0.3, -0.25) is 0 Å². The molecule has 15 heavy (non-hydrogen) atoms. The van der Waals surface area contributed by atoms with E-state index < -0.39 is 0 Å². The standard InChI is InChI=1S/C9H8BrClN4/c10-8-7(9(12)3-4-9)13-6-2-1-5(11)14-15(6)8/h1-2H,3-4,12H2. The van der Waals surface area contributed by atoms with Gasteiger partial charge in [-0.25, -0.2) is 9.50 Å². The van der Waals surface area contributed by atoms with Gasteiger partial charge in [0.25, 0.3) is 0 Å². The molecule has 1 aliphatic rings. The van der Waals surface area contributed by atoms with E-state index in [1.54, 1.807) is 10.6 Å². The molecule has 4 nitrogen and oxygen atoms in total. The van der Waals surface area contributed by atoms with Crippen LogP contribution in [0.5, 0.6) is 0 Å². The van der Waals surface area contributed by atoms with E-state index >= 15 is 0 Å². The maximum Gasteiger partial charge on any atom is 0.155 e. The predicted molar refractivity (Wildman–Crippen MR) is 60.8 cm³/mol. The third-order valence-electron chi connectivity index (χ3n) is 2.65. The fourth-order valence-electron chi connectivity index (χ4n) is 1.57. The Morgan fingerprint density at radius 3 is 2.87 bits per heavy atom. The van der Waals surface area contributed by atoms with E-state index in [-0.39, 0.29) is 5.54 Å². The van der Waals surface area contributed by atoms with Crippen molar-refractivity contribution < 1.29 is 0 Å². The molecule has 2 heterocycles. The van der Waals surface area contributed by atoms with Crippen LogP contribution in [0.1, 0.15) is 18.5 Å². The highest BCUT2D eigenvalue weighted by molar-refractivity contribution is 9.10. The summed E-state index contributed by atoms with van der Waals surface area (Å²) in [6.45, 7) is 0. The molecule has 1 saturated carbocycles. The van der Waals surface area contributed by atoms with E-state index in [1.165, 1.54) is 0 Å². The number of hydrogen-bond donors (Lipinski definition) is 1. The third kappa shape index (κ3) is 1.38. The number of aromatic nitrogens is 3. The lowest BCUT2D eigenvalue weighted by molar-refractivity contribution is 0.707. The summed E-state index contributed by atoms with van der Waals surface area (Å²) in [6, 6.07) is 3.55. The van der Waals surface area contributed by atoms with Gasteiger partial charge in [-0.15, -0.1) is 0 Å². The third-order valence-corrected chi connectivity index (χ3v) is 3.56. The Bertz CT molecular complexity index is 546. The van der Waals surface area contributed by atoms with Crippen LogP contribution < -0.4 is 5.73 Å². The first kappa shape index (κ1) is 9.57. The summed E-state index contributed by atoms with van der Waals surface area (Å²) in [4.78, 5) is 4.46. The monoisotopic (exact) mass is 286 g/mol. The van der Waals surface area contributed by atoms with Crippen molar-refractivity contribution in [2.75, 3.05) is 0 Å². The molecule has 0 aromatic carbocycles. The van der Waals surface area contributed by atoms with Gasteiger partial charge >= 0.3 is 0 Å². The fourth-order valence-corrected chi connectivity index (χ4v) is 2.46. The highest BCUT2D eigenvalue weighted by Gasteiger charge is 2.44. The van der Waals surface area contributed by atoms with Gasteiger partial charge < -0.3 is 5.73 Å². The molecule has 6 heteroatoms. The Balaban J connectivity index is 2.29. The summed E-state index contributed by atoms with van der Waals surface area (Å²) in [5.74, 6) is 0. The zero-order valence-corrected chi connectivity index (χ0v) is 10.1. The molecular weight excluding hydrogens is 279 g/mol. The second-order valence-electron chi connectivity index (χ2n) is 3.83. The van der Waals surface area contributed by atoms with Crippen molar-refractivity contribution >= 4 is 33.2 Å². The molecule has 2 N–H and O–H groups in total. The maximum absolute atomic E-state index is 6.10. The normalized spacial score (nSPS) is 18.3. The molecular formula is C9H8BrClN4. The van der Waals surface area contributed by atoms with Crippen LogP contribution in [0.25, 0.3) is 5.65 Å². The van der Waals surface area contributed by atoms with Crippen molar-refractivity contribution in [3.8, 4) is 0 Å².